The maximum Gasteiger partial charge on any atom is 0.300 e. The molecular formula is C8H15NO2. The van der Waals surface area contributed by atoms with Crippen molar-refractivity contribution in [3.05, 3.63) is 12.2 Å². The molecule has 0 aliphatic carbocycles. The number of nitrogens with one attached hydrogen (secondary N) is 1. The van der Waals surface area contributed by atoms with Crippen LogP contribution in [0, 0.1) is 0 Å². The molecule has 0 aromatic carbocycles. The Kier molecular flexibility index (Phi) is 5.47. The highest BCUT2D eigenvalue weighted by atomic mass is 16.4. The molecule has 0 bridgehead atoms. The fourth-order valence-electron chi connectivity index (χ4n) is 0.780. The van der Waals surface area contributed by atoms with E-state index in [-0.39, 0.29) is 0 Å². The summed E-state index contributed by atoms with van der Waals surface area (Å²) in [6.45, 7) is 7.23. The van der Waals surface area contributed by atoms with Gasteiger partial charge in [-0.15, -0.1) is 0 Å². The van der Waals surface area contributed by atoms with Gasteiger partial charge in [-0.05, 0) is 25.9 Å². The first kappa shape index (κ1) is 10.2. The molecule has 0 saturated carbocycles. The molecule has 2 N–H and O–H groups in total. The molecule has 1 fully saturated rings. The molecular weight excluding hydrogens is 142 g/mol. The lowest BCUT2D eigenvalue weighted by Crippen LogP contribution is -2.22. The Morgan fingerprint density at radius 2 is 1.91 bits per heavy atom. The van der Waals surface area contributed by atoms with Crippen LogP contribution in [0.3, 0.4) is 0 Å². The minimum Gasteiger partial charge on any atom is -0.481 e. The second-order valence-corrected chi connectivity index (χ2v) is 2.52. The number of carboxylic acid groups (broad SMARTS) is 1. The van der Waals surface area contributed by atoms with Crippen LogP contribution in [0.5, 0.6) is 0 Å². The number of aliphatic carboxylic acids is 1. The van der Waals surface area contributed by atoms with E-state index >= 15 is 0 Å². The van der Waals surface area contributed by atoms with Gasteiger partial charge >= 0.3 is 0 Å². The number of rotatable bonds is 0. The van der Waals surface area contributed by atoms with Crippen LogP contribution in [0.25, 0.3) is 0 Å². The Morgan fingerprint density at radius 3 is 2.09 bits per heavy atom. The monoisotopic (exact) mass is 157 g/mol. The lowest BCUT2D eigenvalue weighted by Gasteiger charge is -2.12. The van der Waals surface area contributed by atoms with Gasteiger partial charge in [-0.25, -0.2) is 0 Å². The average Bonchev–Trinajstić information content (AvgIpc) is 1.87. The van der Waals surface area contributed by atoms with Crippen LogP contribution in [0.2, 0.25) is 0 Å². The predicted molar refractivity (Wildman–Crippen MR) is 44.6 cm³/mol. The highest BCUT2D eigenvalue weighted by molar-refractivity contribution is 5.62. The Labute approximate surface area is 67.1 Å². The third-order valence-electron chi connectivity index (χ3n) is 1.31. The molecule has 1 rings (SSSR count). The molecule has 0 spiro atoms. The zero-order valence-electron chi connectivity index (χ0n) is 6.89. The van der Waals surface area contributed by atoms with Gasteiger partial charge in [-0.2, -0.15) is 0 Å². The summed E-state index contributed by atoms with van der Waals surface area (Å²) >= 11 is 0. The second-order valence-electron chi connectivity index (χ2n) is 2.52. The van der Waals surface area contributed by atoms with Crippen molar-refractivity contribution < 1.29 is 9.90 Å². The van der Waals surface area contributed by atoms with Gasteiger partial charge in [-0.3, -0.25) is 4.79 Å². The van der Waals surface area contributed by atoms with Crippen LogP contribution < -0.4 is 5.32 Å². The lowest BCUT2D eigenvalue weighted by atomic mass is 10.1. The number of carbonyl (C=O) groups is 1. The maximum atomic E-state index is 9.00. The topological polar surface area (TPSA) is 49.3 Å². The molecule has 0 radical (unpaired) electrons. The Bertz CT molecular complexity index is 131. The summed E-state index contributed by atoms with van der Waals surface area (Å²) in [5.74, 6) is -0.833. The minimum absolute atomic E-state index is 0.833. The molecule has 11 heavy (non-hydrogen) atoms. The maximum absolute atomic E-state index is 9.00. The van der Waals surface area contributed by atoms with E-state index in [0.717, 1.165) is 20.0 Å². The third kappa shape index (κ3) is 9.17. The van der Waals surface area contributed by atoms with E-state index in [2.05, 4.69) is 11.9 Å². The van der Waals surface area contributed by atoms with Gasteiger partial charge in [0, 0.05) is 6.92 Å². The first-order chi connectivity index (χ1) is 5.13. The molecule has 0 aromatic rings. The highest BCUT2D eigenvalue weighted by Gasteiger charge is 1.98. The van der Waals surface area contributed by atoms with Gasteiger partial charge < -0.3 is 10.4 Å². The Hall–Kier alpha value is -0.830. The van der Waals surface area contributed by atoms with Crippen molar-refractivity contribution in [1.82, 2.24) is 5.32 Å². The van der Waals surface area contributed by atoms with Crippen molar-refractivity contribution in [1.29, 1.82) is 0 Å². The fourth-order valence-corrected chi connectivity index (χ4v) is 0.780. The summed E-state index contributed by atoms with van der Waals surface area (Å²) in [4.78, 5) is 9.00. The fraction of sp³-hybridized carbons (Fsp3) is 0.625. The van der Waals surface area contributed by atoms with Crippen LogP contribution in [0.4, 0.5) is 0 Å². The van der Waals surface area contributed by atoms with E-state index in [1.165, 1.54) is 18.4 Å². The van der Waals surface area contributed by atoms with Gasteiger partial charge in [0.25, 0.3) is 5.97 Å². The quantitative estimate of drug-likeness (QED) is 0.516. The lowest BCUT2D eigenvalue weighted by molar-refractivity contribution is -0.134. The molecule has 1 heterocycles. The van der Waals surface area contributed by atoms with Crippen molar-refractivity contribution in [2.24, 2.45) is 0 Å². The molecule has 1 saturated heterocycles. The average molecular weight is 157 g/mol. The summed E-state index contributed by atoms with van der Waals surface area (Å²) in [6, 6.07) is 0. The SMILES string of the molecule is C=C1CCNCC1.CC(=O)O. The van der Waals surface area contributed by atoms with Gasteiger partial charge in [0.05, 0.1) is 0 Å². The largest absolute Gasteiger partial charge is 0.481 e. The number of hydrogen-bond acceptors (Lipinski definition) is 2. The number of carboxylic acids is 1. The first-order valence-corrected chi connectivity index (χ1v) is 3.70. The van der Waals surface area contributed by atoms with E-state index in [9.17, 15) is 0 Å². The molecule has 0 unspecified atom stereocenters. The third-order valence-corrected chi connectivity index (χ3v) is 1.31. The van der Waals surface area contributed by atoms with Crippen molar-refractivity contribution in [3.63, 3.8) is 0 Å². The zero-order valence-corrected chi connectivity index (χ0v) is 6.89. The normalized spacial score (nSPS) is 16.6. The van der Waals surface area contributed by atoms with E-state index in [1.54, 1.807) is 0 Å². The molecule has 0 aromatic heterocycles. The van der Waals surface area contributed by atoms with E-state index in [1.807, 2.05) is 0 Å². The van der Waals surface area contributed by atoms with Crippen LogP contribution >= 0.6 is 0 Å². The first-order valence-electron chi connectivity index (χ1n) is 3.70. The van der Waals surface area contributed by atoms with Gasteiger partial charge in [0.15, 0.2) is 0 Å². The molecule has 1 aliphatic heterocycles. The van der Waals surface area contributed by atoms with Crippen molar-refractivity contribution >= 4 is 5.97 Å². The van der Waals surface area contributed by atoms with E-state index in [0.29, 0.717) is 0 Å². The highest BCUT2D eigenvalue weighted by Crippen LogP contribution is 2.04. The molecule has 3 nitrogen and oxygen atoms in total. The molecule has 3 heteroatoms. The number of piperidine rings is 1. The van der Waals surface area contributed by atoms with E-state index in [4.69, 9.17) is 9.90 Å². The summed E-state index contributed by atoms with van der Waals surface area (Å²) in [5.41, 5.74) is 1.40. The molecule has 0 atom stereocenters. The van der Waals surface area contributed by atoms with Crippen LogP contribution in [-0.2, 0) is 4.79 Å². The Morgan fingerprint density at radius 1 is 1.55 bits per heavy atom. The minimum atomic E-state index is -0.833. The second kappa shape index (κ2) is 5.92. The summed E-state index contributed by atoms with van der Waals surface area (Å²) in [5, 5.41) is 10.7. The molecule has 0 amide bonds. The summed E-state index contributed by atoms with van der Waals surface area (Å²) in [7, 11) is 0. The van der Waals surface area contributed by atoms with Crippen LogP contribution in [0.15, 0.2) is 12.2 Å². The smallest absolute Gasteiger partial charge is 0.300 e. The van der Waals surface area contributed by atoms with E-state index < -0.39 is 5.97 Å². The van der Waals surface area contributed by atoms with Crippen LogP contribution in [0.1, 0.15) is 19.8 Å². The van der Waals surface area contributed by atoms with Gasteiger partial charge in [-0.1, -0.05) is 12.2 Å². The van der Waals surface area contributed by atoms with Crippen molar-refractivity contribution in [3.8, 4) is 0 Å². The van der Waals surface area contributed by atoms with Gasteiger partial charge in [0.1, 0.15) is 0 Å². The van der Waals surface area contributed by atoms with Crippen molar-refractivity contribution in [2.45, 2.75) is 19.8 Å². The van der Waals surface area contributed by atoms with Crippen LogP contribution in [-0.4, -0.2) is 24.2 Å². The molecule has 1 aliphatic rings. The molecule has 64 valence electrons. The summed E-state index contributed by atoms with van der Waals surface area (Å²) in [6.07, 6.45) is 2.36. The number of hydrogen-bond donors (Lipinski definition) is 2. The summed E-state index contributed by atoms with van der Waals surface area (Å²) < 4.78 is 0. The standard InChI is InChI=1S/C6H11N.C2H4O2/c1-6-2-4-7-5-3-6;1-2(3)4/h7H,1-5H2;1H3,(H,3,4). The predicted octanol–water partition coefficient (Wildman–Crippen LogP) is 1.02. The van der Waals surface area contributed by atoms with Crippen molar-refractivity contribution in [2.75, 3.05) is 13.1 Å². The van der Waals surface area contributed by atoms with Gasteiger partial charge in [0.2, 0.25) is 0 Å². The zero-order chi connectivity index (χ0) is 8.69. The Balaban J connectivity index is 0.000000218.